The molecule has 0 aliphatic carbocycles. The average molecular weight is 435 g/mol. The van der Waals surface area contributed by atoms with Crippen molar-refractivity contribution in [3.8, 4) is 0 Å². The third kappa shape index (κ3) is 5.65. The molecule has 1 aliphatic rings. The predicted octanol–water partition coefficient (Wildman–Crippen LogP) is 3.62. The molecule has 1 amide bonds. The van der Waals surface area contributed by atoms with Gasteiger partial charge in [0.2, 0.25) is 0 Å². The molecule has 1 aromatic rings. The molecule has 2 rings (SSSR count). The number of thiazole rings is 1. The Morgan fingerprint density at radius 3 is 2.68 bits per heavy atom. The monoisotopic (exact) mass is 434 g/mol. The summed E-state index contributed by atoms with van der Waals surface area (Å²) in [6, 6.07) is 0. The Morgan fingerprint density at radius 1 is 1.40 bits per heavy atom. The molecule has 7 nitrogen and oxygen atoms in total. The number of aliphatic carboxylic acids is 1. The summed E-state index contributed by atoms with van der Waals surface area (Å²) in [7, 11) is 0. The first-order valence-corrected chi connectivity index (χ1v) is 9.74. The van der Waals surface area contributed by atoms with Gasteiger partial charge in [-0.15, -0.1) is 11.3 Å². The van der Waals surface area contributed by atoms with E-state index in [4.69, 9.17) is 14.6 Å². The fourth-order valence-electron chi connectivity index (χ4n) is 2.70. The molecule has 1 unspecified atom stereocenters. The summed E-state index contributed by atoms with van der Waals surface area (Å²) in [6.07, 6.45) is 1.39. The van der Waals surface area contributed by atoms with Crippen LogP contribution < -0.4 is 0 Å². The van der Waals surface area contributed by atoms with Crippen LogP contribution in [0.2, 0.25) is 0 Å². The highest BCUT2D eigenvalue weighted by molar-refractivity contribution is 9.10. The molecule has 0 spiro atoms. The Kier molecular flexibility index (Phi) is 6.45. The second-order valence-electron chi connectivity index (χ2n) is 6.97. The summed E-state index contributed by atoms with van der Waals surface area (Å²) in [6.45, 7) is 6.05. The van der Waals surface area contributed by atoms with Crippen molar-refractivity contribution in [1.29, 1.82) is 0 Å². The van der Waals surface area contributed by atoms with Crippen LogP contribution in [0, 0.1) is 0 Å². The molecular weight excluding hydrogens is 412 g/mol. The van der Waals surface area contributed by atoms with Gasteiger partial charge in [0.05, 0.1) is 0 Å². The summed E-state index contributed by atoms with van der Waals surface area (Å²) in [5, 5.41) is 11.6. The highest BCUT2D eigenvalue weighted by Gasteiger charge is 2.40. The molecule has 1 fully saturated rings. The van der Waals surface area contributed by atoms with Crippen molar-refractivity contribution in [1.82, 2.24) is 9.88 Å². The fourth-order valence-corrected chi connectivity index (χ4v) is 4.17. The highest BCUT2D eigenvalue weighted by atomic mass is 79.9. The summed E-state index contributed by atoms with van der Waals surface area (Å²) in [5.41, 5.74) is -1.35. The van der Waals surface area contributed by atoms with Crippen LogP contribution in [0.3, 0.4) is 0 Å². The molecule has 0 radical (unpaired) electrons. The molecule has 9 heteroatoms. The lowest BCUT2D eigenvalue weighted by atomic mass is 9.95. The van der Waals surface area contributed by atoms with Gasteiger partial charge in [0.15, 0.2) is 0 Å². The van der Waals surface area contributed by atoms with Gasteiger partial charge in [-0.2, -0.15) is 0 Å². The Hall–Kier alpha value is -1.19. The molecule has 1 aromatic heterocycles. The van der Waals surface area contributed by atoms with Gasteiger partial charge in [0.25, 0.3) is 0 Å². The van der Waals surface area contributed by atoms with E-state index in [1.54, 1.807) is 4.90 Å². The van der Waals surface area contributed by atoms with Crippen molar-refractivity contribution in [2.45, 2.75) is 51.2 Å². The number of hydrogen-bond acceptors (Lipinski definition) is 6. The van der Waals surface area contributed by atoms with Crippen LogP contribution in [0.1, 0.15) is 45.0 Å². The predicted molar refractivity (Wildman–Crippen MR) is 96.7 cm³/mol. The number of nitrogens with zero attached hydrogens (tertiary/aromatic N) is 2. The molecule has 25 heavy (non-hydrogen) atoms. The first-order valence-electron chi connectivity index (χ1n) is 8.06. The molecule has 1 aliphatic heterocycles. The number of carbonyl (C=O) groups excluding carboxylic acids is 1. The van der Waals surface area contributed by atoms with Gasteiger partial charge in [0.1, 0.15) is 27.4 Å². The summed E-state index contributed by atoms with van der Waals surface area (Å²) < 4.78 is 11.9. The van der Waals surface area contributed by atoms with Crippen LogP contribution in [-0.2, 0) is 19.9 Å². The zero-order valence-electron chi connectivity index (χ0n) is 14.6. The first kappa shape index (κ1) is 20.1. The zero-order chi connectivity index (χ0) is 18.7. The van der Waals surface area contributed by atoms with Crippen LogP contribution in [0.25, 0.3) is 0 Å². The average Bonchev–Trinajstić information content (AvgIpc) is 2.81. The van der Waals surface area contributed by atoms with Gasteiger partial charge in [-0.25, -0.2) is 14.6 Å². The van der Waals surface area contributed by atoms with Crippen LogP contribution in [0.5, 0.6) is 0 Å². The van der Waals surface area contributed by atoms with Crippen molar-refractivity contribution in [2.24, 2.45) is 0 Å². The molecule has 2 heterocycles. The van der Waals surface area contributed by atoms with Gasteiger partial charge >= 0.3 is 12.1 Å². The third-order valence-corrected chi connectivity index (χ3v) is 5.52. The largest absolute Gasteiger partial charge is 0.480 e. The Balaban J connectivity index is 2.16. The maximum absolute atomic E-state index is 12.3. The van der Waals surface area contributed by atoms with Crippen molar-refractivity contribution < 1.29 is 24.2 Å². The minimum atomic E-state index is -1.02. The van der Waals surface area contributed by atoms with Gasteiger partial charge < -0.3 is 19.5 Å². The van der Waals surface area contributed by atoms with E-state index in [2.05, 4.69) is 20.9 Å². The smallest absolute Gasteiger partial charge is 0.410 e. The van der Waals surface area contributed by atoms with E-state index >= 15 is 0 Å². The van der Waals surface area contributed by atoms with Gasteiger partial charge in [-0.3, -0.25) is 0 Å². The molecule has 140 valence electrons. The summed E-state index contributed by atoms with van der Waals surface area (Å²) in [4.78, 5) is 29.4. The van der Waals surface area contributed by atoms with Gasteiger partial charge in [-0.1, -0.05) is 0 Å². The fraction of sp³-hybridized carbons (Fsp3) is 0.688. The number of likely N-dealkylation sites (tertiary alicyclic amines) is 1. The van der Waals surface area contributed by atoms with Crippen molar-refractivity contribution in [2.75, 3.05) is 19.7 Å². The molecule has 1 atom stereocenters. The SMILES string of the molecule is CC(C)(C)OC(=O)N1CCCC(OCC(=O)O)(c2nc(Br)cs2)CC1. The number of carboxylic acid groups (broad SMARTS) is 1. The number of aromatic nitrogens is 1. The van der Waals surface area contributed by atoms with Crippen LogP contribution in [-0.4, -0.2) is 52.4 Å². The number of amides is 1. The number of halogens is 1. The Labute approximate surface area is 159 Å². The van der Waals surface area contributed by atoms with E-state index in [9.17, 15) is 9.59 Å². The molecule has 0 saturated carbocycles. The summed E-state index contributed by atoms with van der Waals surface area (Å²) in [5.74, 6) is -1.02. The molecule has 1 saturated heterocycles. The van der Waals surface area contributed by atoms with Gasteiger partial charge in [-0.05, 0) is 49.5 Å². The van der Waals surface area contributed by atoms with E-state index in [1.807, 2.05) is 26.2 Å². The summed E-state index contributed by atoms with van der Waals surface area (Å²) >= 11 is 4.76. The molecule has 0 aromatic carbocycles. The second-order valence-corrected chi connectivity index (χ2v) is 8.64. The van der Waals surface area contributed by atoms with E-state index in [-0.39, 0.29) is 6.09 Å². The topological polar surface area (TPSA) is 89.0 Å². The number of ether oxygens (including phenoxy) is 2. The molecule has 1 N–H and O–H groups in total. The minimum absolute atomic E-state index is 0.359. The quantitative estimate of drug-likeness (QED) is 0.777. The standard InChI is InChI=1S/C16H23BrN2O5S/c1-15(2,3)24-14(22)19-7-4-5-16(6-8-19,23-9-12(20)21)13-18-11(17)10-25-13/h10H,4-9H2,1-3H3,(H,20,21). The maximum atomic E-state index is 12.3. The van der Waals surface area contributed by atoms with Crippen LogP contribution in [0.15, 0.2) is 9.98 Å². The van der Waals surface area contributed by atoms with Crippen molar-refractivity contribution >= 4 is 39.3 Å². The number of hydrogen-bond donors (Lipinski definition) is 1. The number of carbonyl (C=O) groups is 2. The third-order valence-electron chi connectivity index (χ3n) is 3.78. The number of carboxylic acids is 1. The maximum Gasteiger partial charge on any atom is 0.410 e. The van der Waals surface area contributed by atoms with Crippen molar-refractivity contribution in [3.63, 3.8) is 0 Å². The molecular formula is C16H23BrN2O5S. The van der Waals surface area contributed by atoms with Crippen molar-refractivity contribution in [3.05, 3.63) is 15.0 Å². The van der Waals surface area contributed by atoms with E-state index in [0.29, 0.717) is 37.0 Å². The van der Waals surface area contributed by atoms with Gasteiger partial charge in [0, 0.05) is 24.9 Å². The zero-order valence-corrected chi connectivity index (χ0v) is 17.0. The van der Waals surface area contributed by atoms with E-state index < -0.39 is 23.8 Å². The van der Waals surface area contributed by atoms with E-state index in [1.165, 1.54) is 11.3 Å². The lowest BCUT2D eigenvalue weighted by molar-refractivity contribution is -0.151. The van der Waals surface area contributed by atoms with Crippen LogP contribution >= 0.6 is 27.3 Å². The highest BCUT2D eigenvalue weighted by Crippen LogP contribution is 2.39. The Morgan fingerprint density at radius 2 is 2.12 bits per heavy atom. The lowest BCUT2D eigenvalue weighted by Gasteiger charge is -2.30. The second kappa shape index (κ2) is 8.01. The first-order chi connectivity index (χ1) is 11.6. The Bertz CT molecular complexity index is 630. The number of rotatable bonds is 4. The normalized spacial score (nSPS) is 21.7. The molecule has 0 bridgehead atoms. The van der Waals surface area contributed by atoms with Crippen LogP contribution in [0.4, 0.5) is 4.79 Å². The van der Waals surface area contributed by atoms with E-state index in [0.717, 1.165) is 5.01 Å². The lowest BCUT2D eigenvalue weighted by Crippen LogP contribution is -2.38. The minimum Gasteiger partial charge on any atom is -0.480 e.